The number of ether oxygens (including phenoxy) is 2. The zero-order valence-corrected chi connectivity index (χ0v) is 15.4. The normalized spacial score (nSPS) is 10.9. The average molecular weight is 378 g/mol. The van der Waals surface area contributed by atoms with Crippen LogP contribution in [0.1, 0.15) is 28.0 Å². The molecule has 0 atom stereocenters. The highest BCUT2D eigenvalue weighted by atomic mass is 16.5. The predicted octanol–water partition coefficient (Wildman–Crippen LogP) is 4.35. The second-order valence-corrected chi connectivity index (χ2v) is 6.17. The summed E-state index contributed by atoms with van der Waals surface area (Å²) in [6, 6.07) is 14.0. The largest absolute Gasteiger partial charge is 0.497 e. The lowest BCUT2D eigenvalue weighted by molar-refractivity contribution is 0.0520. The van der Waals surface area contributed by atoms with Crippen LogP contribution in [0.25, 0.3) is 21.9 Å². The number of hydrogen-bond donors (Lipinski definition) is 2. The van der Waals surface area contributed by atoms with Gasteiger partial charge in [-0.05, 0) is 55.5 Å². The highest BCUT2D eigenvalue weighted by molar-refractivity contribution is 6.06. The van der Waals surface area contributed by atoms with Crippen molar-refractivity contribution >= 4 is 39.4 Å². The number of amides is 1. The molecule has 142 valence electrons. The van der Waals surface area contributed by atoms with Crippen molar-refractivity contribution in [3.63, 3.8) is 0 Å². The Morgan fingerprint density at radius 3 is 2.71 bits per heavy atom. The number of rotatable bonds is 5. The molecule has 28 heavy (non-hydrogen) atoms. The van der Waals surface area contributed by atoms with Gasteiger partial charge in [0.25, 0.3) is 5.91 Å². The van der Waals surface area contributed by atoms with Crippen LogP contribution < -0.4 is 10.1 Å². The van der Waals surface area contributed by atoms with Crippen molar-refractivity contribution in [1.29, 1.82) is 0 Å². The number of benzene rings is 2. The SMILES string of the molecule is CCOC(=O)c1cc2cc(NC(=O)c3cc4cc(OC)ccc4o3)ccc2[nH]1. The van der Waals surface area contributed by atoms with E-state index in [9.17, 15) is 9.59 Å². The van der Waals surface area contributed by atoms with Crippen molar-refractivity contribution in [1.82, 2.24) is 4.98 Å². The standard InChI is InChI=1S/C21H18N2O5/c1-3-27-21(25)17-10-12-8-14(4-6-16(12)23-17)22-20(24)19-11-13-9-15(26-2)5-7-18(13)28-19/h4-11,23H,3H2,1-2H3,(H,22,24). The van der Waals surface area contributed by atoms with Crippen molar-refractivity contribution < 1.29 is 23.5 Å². The van der Waals surface area contributed by atoms with E-state index in [4.69, 9.17) is 13.9 Å². The van der Waals surface area contributed by atoms with E-state index in [1.165, 1.54) is 0 Å². The molecule has 2 N–H and O–H groups in total. The van der Waals surface area contributed by atoms with E-state index >= 15 is 0 Å². The number of nitrogens with one attached hydrogen (secondary N) is 2. The lowest BCUT2D eigenvalue weighted by atomic mass is 10.2. The van der Waals surface area contributed by atoms with Crippen LogP contribution in [0.15, 0.2) is 52.9 Å². The van der Waals surface area contributed by atoms with E-state index in [0.29, 0.717) is 29.3 Å². The van der Waals surface area contributed by atoms with Crippen molar-refractivity contribution in [3.8, 4) is 5.75 Å². The van der Waals surface area contributed by atoms with Gasteiger partial charge in [-0.1, -0.05) is 0 Å². The third-order valence-electron chi connectivity index (χ3n) is 4.32. The molecule has 4 rings (SSSR count). The van der Waals surface area contributed by atoms with Crippen molar-refractivity contribution in [3.05, 3.63) is 60.0 Å². The summed E-state index contributed by atoms with van der Waals surface area (Å²) in [6.07, 6.45) is 0. The average Bonchev–Trinajstić information content (AvgIpc) is 3.31. The molecule has 0 aliphatic heterocycles. The number of carbonyl (C=O) groups excluding carboxylic acids is 2. The zero-order chi connectivity index (χ0) is 19.7. The number of carbonyl (C=O) groups is 2. The van der Waals surface area contributed by atoms with Crippen LogP contribution in [0.5, 0.6) is 5.75 Å². The summed E-state index contributed by atoms with van der Waals surface area (Å²) in [5, 5.41) is 4.38. The summed E-state index contributed by atoms with van der Waals surface area (Å²) in [5.74, 6) is 0.109. The summed E-state index contributed by atoms with van der Waals surface area (Å²) in [7, 11) is 1.58. The molecule has 0 bridgehead atoms. The number of aromatic amines is 1. The molecule has 1 amide bonds. The molecule has 0 aliphatic carbocycles. The first-order chi connectivity index (χ1) is 13.6. The predicted molar refractivity (Wildman–Crippen MR) is 105 cm³/mol. The molecule has 0 aliphatic rings. The number of methoxy groups -OCH3 is 1. The summed E-state index contributed by atoms with van der Waals surface area (Å²) >= 11 is 0. The molecule has 0 radical (unpaired) electrons. The number of furan rings is 1. The molecule has 0 spiro atoms. The smallest absolute Gasteiger partial charge is 0.354 e. The van der Waals surface area contributed by atoms with Crippen molar-refractivity contribution in [2.24, 2.45) is 0 Å². The van der Waals surface area contributed by atoms with E-state index in [0.717, 1.165) is 16.3 Å². The molecule has 7 nitrogen and oxygen atoms in total. The fraction of sp³-hybridized carbons (Fsp3) is 0.143. The Hall–Kier alpha value is -3.74. The van der Waals surface area contributed by atoms with E-state index in [1.807, 2.05) is 0 Å². The number of fused-ring (bicyclic) bond motifs is 2. The van der Waals surface area contributed by atoms with Gasteiger partial charge in [0.2, 0.25) is 0 Å². The van der Waals surface area contributed by atoms with Gasteiger partial charge in [-0.3, -0.25) is 4.79 Å². The molecule has 4 aromatic rings. The van der Waals surface area contributed by atoms with Crippen LogP contribution >= 0.6 is 0 Å². The Bertz CT molecular complexity index is 1190. The number of aromatic nitrogens is 1. The first-order valence-corrected chi connectivity index (χ1v) is 8.76. The fourth-order valence-corrected chi connectivity index (χ4v) is 2.98. The van der Waals surface area contributed by atoms with Crippen LogP contribution in [0.3, 0.4) is 0 Å². The van der Waals surface area contributed by atoms with Gasteiger partial charge >= 0.3 is 5.97 Å². The summed E-state index contributed by atoms with van der Waals surface area (Å²) < 4.78 is 15.8. The third kappa shape index (κ3) is 3.29. The van der Waals surface area contributed by atoms with E-state index < -0.39 is 5.97 Å². The topological polar surface area (TPSA) is 93.6 Å². The van der Waals surface area contributed by atoms with Gasteiger partial charge < -0.3 is 24.2 Å². The first kappa shape index (κ1) is 17.7. The number of hydrogen-bond acceptors (Lipinski definition) is 5. The van der Waals surface area contributed by atoms with E-state index in [2.05, 4.69) is 10.3 Å². The molecule has 7 heteroatoms. The molecule has 2 aromatic heterocycles. The fourth-order valence-electron chi connectivity index (χ4n) is 2.98. The van der Waals surface area contributed by atoms with Gasteiger partial charge in [0.05, 0.1) is 13.7 Å². The second-order valence-electron chi connectivity index (χ2n) is 6.17. The molecule has 0 unspecified atom stereocenters. The Kier molecular flexibility index (Phi) is 4.49. The van der Waals surface area contributed by atoms with Gasteiger partial charge in [0.15, 0.2) is 5.76 Å². The molecule has 0 saturated carbocycles. The van der Waals surface area contributed by atoms with Crippen LogP contribution in [0, 0.1) is 0 Å². The number of esters is 1. The number of anilines is 1. The maximum atomic E-state index is 12.6. The monoisotopic (exact) mass is 378 g/mol. The Morgan fingerprint density at radius 1 is 1.07 bits per heavy atom. The summed E-state index contributed by atoms with van der Waals surface area (Å²) in [6.45, 7) is 2.06. The lowest BCUT2D eigenvalue weighted by Gasteiger charge is -2.03. The lowest BCUT2D eigenvalue weighted by Crippen LogP contribution is -2.10. The Morgan fingerprint density at radius 2 is 1.93 bits per heavy atom. The van der Waals surface area contributed by atoms with Gasteiger partial charge in [-0.25, -0.2) is 4.79 Å². The first-order valence-electron chi connectivity index (χ1n) is 8.76. The van der Waals surface area contributed by atoms with Gasteiger partial charge in [-0.15, -0.1) is 0 Å². The quantitative estimate of drug-likeness (QED) is 0.504. The highest BCUT2D eigenvalue weighted by Crippen LogP contribution is 2.25. The van der Waals surface area contributed by atoms with Crippen LogP contribution in [0.2, 0.25) is 0 Å². The molecular weight excluding hydrogens is 360 g/mol. The minimum atomic E-state index is -0.415. The maximum absolute atomic E-state index is 12.6. The zero-order valence-electron chi connectivity index (χ0n) is 15.4. The van der Waals surface area contributed by atoms with Crippen LogP contribution in [0.4, 0.5) is 5.69 Å². The Balaban J connectivity index is 1.57. The third-order valence-corrected chi connectivity index (χ3v) is 4.32. The molecule has 2 heterocycles. The molecule has 0 saturated heterocycles. The van der Waals surface area contributed by atoms with Gasteiger partial charge in [0, 0.05) is 22.0 Å². The highest BCUT2D eigenvalue weighted by Gasteiger charge is 2.15. The van der Waals surface area contributed by atoms with Crippen molar-refractivity contribution in [2.75, 3.05) is 19.0 Å². The maximum Gasteiger partial charge on any atom is 0.354 e. The molecule has 2 aromatic carbocycles. The van der Waals surface area contributed by atoms with Gasteiger partial charge in [0.1, 0.15) is 17.0 Å². The second kappa shape index (κ2) is 7.11. The molecule has 0 fully saturated rings. The van der Waals surface area contributed by atoms with Gasteiger partial charge in [-0.2, -0.15) is 0 Å². The molecular formula is C21H18N2O5. The number of H-pyrrole nitrogens is 1. The van der Waals surface area contributed by atoms with E-state index in [1.54, 1.807) is 62.6 Å². The minimum absolute atomic E-state index is 0.199. The summed E-state index contributed by atoms with van der Waals surface area (Å²) in [5.41, 5.74) is 2.33. The Labute approximate surface area is 160 Å². The minimum Gasteiger partial charge on any atom is -0.497 e. The van der Waals surface area contributed by atoms with Crippen molar-refractivity contribution in [2.45, 2.75) is 6.92 Å². The summed E-state index contributed by atoms with van der Waals surface area (Å²) in [4.78, 5) is 27.4. The van der Waals surface area contributed by atoms with Crippen LogP contribution in [-0.2, 0) is 4.74 Å². The van der Waals surface area contributed by atoms with Crippen LogP contribution in [-0.4, -0.2) is 30.6 Å². The van der Waals surface area contributed by atoms with E-state index in [-0.39, 0.29) is 11.7 Å².